The number of benzene rings is 2. The fourth-order valence-corrected chi connectivity index (χ4v) is 2.72. The Hall–Kier alpha value is -2.36. The minimum Gasteiger partial charge on any atom is -0.399 e. The van der Waals surface area contributed by atoms with Crippen LogP contribution in [0.3, 0.4) is 0 Å². The van der Waals surface area contributed by atoms with Gasteiger partial charge in [-0.25, -0.2) is 9.37 Å². The first-order valence-electron chi connectivity index (χ1n) is 7.02. The first kappa shape index (κ1) is 13.6. The van der Waals surface area contributed by atoms with Crippen LogP contribution in [0.4, 0.5) is 10.1 Å². The lowest BCUT2D eigenvalue weighted by Gasteiger charge is -2.09. The molecule has 2 N–H and O–H groups in total. The van der Waals surface area contributed by atoms with Gasteiger partial charge in [-0.15, -0.1) is 0 Å². The highest BCUT2D eigenvalue weighted by Gasteiger charge is 2.08. The first-order chi connectivity index (χ1) is 10.0. The molecule has 0 atom stereocenters. The van der Waals surface area contributed by atoms with E-state index in [1.165, 1.54) is 6.07 Å². The molecule has 0 radical (unpaired) electrons. The minimum atomic E-state index is -0.184. The van der Waals surface area contributed by atoms with E-state index in [0.29, 0.717) is 0 Å². The van der Waals surface area contributed by atoms with Crippen molar-refractivity contribution in [3.63, 3.8) is 0 Å². The molecule has 0 fully saturated rings. The van der Waals surface area contributed by atoms with Crippen LogP contribution in [0.5, 0.6) is 0 Å². The summed E-state index contributed by atoms with van der Waals surface area (Å²) in [6, 6.07) is 10.7. The number of aryl methyl sites for hydroxylation is 4. The highest BCUT2D eigenvalue weighted by Crippen LogP contribution is 2.20. The Bertz CT molecular complexity index is 805. The summed E-state index contributed by atoms with van der Waals surface area (Å²) < 4.78 is 15.3. The van der Waals surface area contributed by atoms with E-state index >= 15 is 0 Å². The van der Waals surface area contributed by atoms with Crippen LogP contribution in [0.1, 0.15) is 17.0 Å². The second-order valence-corrected chi connectivity index (χ2v) is 5.38. The number of aromatic nitrogens is 2. The molecule has 3 nitrogen and oxygen atoms in total. The monoisotopic (exact) mass is 283 g/mol. The maximum atomic E-state index is 13.1. The molecule has 4 heteroatoms. The van der Waals surface area contributed by atoms with Gasteiger partial charge in [0.25, 0.3) is 0 Å². The van der Waals surface area contributed by atoms with Crippen molar-refractivity contribution in [2.45, 2.75) is 26.8 Å². The van der Waals surface area contributed by atoms with Gasteiger partial charge >= 0.3 is 0 Å². The average molecular weight is 283 g/mol. The number of nitrogens with zero attached hydrogens (tertiary/aromatic N) is 2. The molecule has 0 saturated carbocycles. The fourth-order valence-electron chi connectivity index (χ4n) is 2.72. The number of anilines is 1. The highest BCUT2D eigenvalue weighted by molar-refractivity contribution is 5.79. The summed E-state index contributed by atoms with van der Waals surface area (Å²) in [5, 5.41) is 0. The molecule has 0 amide bonds. The Kier molecular flexibility index (Phi) is 3.37. The van der Waals surface area contributed by atoms with Crippen LogP contribution in [0.15, 0.2) is 36.4 Å². The smallest absolute Gasteiger partial charge is 0.123 e. The van der Waals surface area contributed by atoms with Gasteiger partial charge in [0.05, 0.1) is 11.0 Å². The van der Waals surface area contributed by atoms with Crippen LogP contribution in [-0.2, 0) is 13.0 Å². The van der Waals surface area contributed by atoms with Crippen LogP contribution in [0, 0.1) is 19.7 Å². The van der Waals surface area contributed by atoms with Crippen molar-refractivity contribution >= 4 is 16.7 Å². The highest BCUT2D eigenvalue weighted by atomic mass is 19.1. The van der Waals surface area contributed by atoms with Gasteiger partial charge in [-0.05, 0) is 61.7 Å². The zero-order valence-electron chi connectivity index (χ0n) is 12.2. The number of hydrogen-bond donors (Lipinski definition) is 1. The molecule has 0 bridgehead atoms. The van der Waals surface area contributed by atoms with Crippen molar-refractivity contribution in [3.05, 3.63) is 59.2 Å². The Labute approximate surface area is 123 Å². The molecule has 0 unspecified atom stereocenters. The Balaban J connectivity index is 1.90. The van der Waals surface area contributed by atoms with Crippen LogP contribution in [0.2, 0.25) is 0 Å². The van der Waals surface area contributed by atoms with Crippen LogP contribution in [0.25, 0.3) is 11.0 Å². The van der Waals surface area contributed by atoms with Crippen molar-refractivity contribution in [1.29, 1.82) is 0 Å². The summed E-state index contributed by atoms with van der Waals surface area (Å²) in [6.45, 7) is 4.75. The molecule has 0 aliphatic heterocycles. The molecule has 1 aromatic heterocycles. The van der Waals surface area contributed by atoms with Gasteiger partial charge in [0.15, 0.2) is 0 Å². The normalized spacial score (nSPS) is 11.2. The maximum absolute atomic E-state index is 13.1. The Morgan fingerprint density at radius 1 is 1.14 bits per heavy atom. The summed E-state index contributed by atoms with van der Waals surface area (Å²) in [4.78, 5) is 4.55. The van der Waals surface area contributed by atoms with E-state index in [-0.39, 0.29) is 5.82 Å². The van der Waals surface area contributed by atoms with Gasteiger partial charge < -0.3 is 10.3 Å². The molecule has 0 aliphatic rings. The van der Waals surface area contributed by atoms with Gasteiger partial charge in [0, 0.05) is 12.2 Å². The lowest BCUT2D eigenvalue weighted by atomic mass is 10.1. The zero-order chi connectivity index (χ0) is 15.0. The summed E-state index contributed by atoms with van der Waals surface area (Å²) in [5.74, 6) is 0.784. The summed E-state index contributed by atoms with van der Waals surface area (Å²) in [7, 11) is 0. The van der Waals surface area contributed by atoms with E-state index in [0.717, 1.165) is 46.6 Å². The molecule has 3 aromatic rings. The molecule has 3 rings (SSSR count). The van der Waals surface area contributed by atoms with Crippen LogP contribution >= 0.6 is 0 Å². The minimum absolute atomic E-state index is 0.184. The molecule has 1 heterocycles. The van der Waals surface area contributed by atoms with Crippen molar-refractivity contribution in [1.82, 2.24) is 9.55 Å². The van der Waals surface area contributed by atoms with Gasteiger partial charge in [0.2, 0.25) is 0 Å². The lowest BCUT2D eigenvalue weighted by Crippen LogP contribution is -2.04. The third-order valence-electron chi connectivity index (χ3n) is 3.87. The molecule has 21 heavy (non-hydrogen) atoms. The molecule has 108 valence electrons. The third kappa shape index (κ3) is 2.61. The van der Waals surface area contributed by atoms with E-state index in [2.05, 4.69) is 9.55 Å². The SMILES string of the molecule is Cc1cc(F)ccc1CCn1c(C)nc2cc(N)ccc21. The van der Waals surface area contributed by atoms with Crippen molar-refractivity contribution in [2.24, 2.45) is 0 Å². The molecular weight excluding hydrogens is 265 g/mol. The maximum Gasteiger partial charge on any atom is 0.123 e. The Morgan fingerprint density at radius 3 is 2.71 bits per heavy atom. The summed E-state index contributed by atoms with van der Waals surface area (Å²) >= 11 is 0. The standard InChI is InChI=1S/C17H18FN3/c1-11-9-14(18)4-3-13(11)7-8-21-12(2)20-16-10-15(19)5-6-17(16)21/h3-6,9-10H,7-8,19H2,1-2H3. The summed E-state index contributed by atoms with van der Waals surface area (Å²) in [6.07, 6.45) is 0.850. The number of hydrogen-bond acceptors (Lipinski definition) is 2. The van der Waals surface area contributed by atoms with Gasteiger partial charge in [0.1, 0.15) is 11.6 Å². The van der Waals surface area contributed by atoms with Crippen molar-refractivity contribution < 1.29 is 4.39 Å². The molecular formula is C17H18FN3. The number of halogens is 1. The van der Waals surface area contributed by atoms with Crippen molar-refractivity contribution in [2.75, 3.05) is 5.73 Å². The molecule has 0 aliphatic carbocycles. The second-order valence-electron chi connectivity index (χ2n) is 5.38. The molecule has 0 spiro atoms. The van der Waals surface area contributed by atoms with E-state index in [1.807, 2.05) is 38.1 Å². The summed E-state index contributed by atoms with van der Waals surface area (Å²) in [5.41, 5.74) is 10.7. The van der Waals surface area contributed by atoms with E-state index < -0.39 is 0 Å². The Morgan fingerprint density at radius 2 is 1.95 bits per heavy atom. The predicted octanol–water partition coefficient (Wildman–Crippen LogP) is 3.62. The first-order valence-corrected chi connectivity index (χ1v) is 7.02. The zero-order valence-corrected chi connectivity index (χ0v) is 12.2. The van der Waals surface area contributed by atoms with E-state index in [9.17, 15) is 4.39 Å². The number of imidazole rings is 1. The third-order valence-corrected chi connectivity index (χ3v) is 3.87. The predicted molar refractivity (Wildman–Crippen MR) is 83.7 cm³/mol. The topological polar surface area (TPSA) is 43.8 Å². The van der Waals surface area contributed by atoms with E-state index in [1.54, 1.807) is 6.07 Å². The van der Waals surface area contributed by atoms with Gasteiger partial charge in [-0.2, -0.15) is 0 Å². The van der Waals surface area contributed by atoms with Crippen LogP contribution in [-0.4, -0.2) is 9.55 Å². The number of nitrogens with two attached hydrogens (primary N) is 1. The van der Waals surface area contributed by atoms with Gasteiger partial charge in [-0.3, -0.25) is 0 Å². The van der Waals surface area contributed by atoms with Crippen LogP contribution < -0.4 is 5.73 Å². The lowest BCUT2D eigenvalue weighted by molar-refractivity contribution is 0.623. The number of rotatable bonds is 3. The molecule has 2 aromatic carbocycles. The largest absolute Gasteiger partial charge is 0.399 e. The van der Waals surface area contributed by atoms with Crippen molar-refractivity contribution in [3.8, 4) is 0 Å². The fraction of sp³-hybridized carbons (Fsp3) is 0.235. The second kappa shape index (κ2) is 5.20. The number of fused-ring (bicyclic) bond motifs is 1. The quantitative estimate of drug-likeness (QED) is 0.746. The molecule has 0 saturated heterocycles. The number of nitrogen functional groups attached to an aromatic ring is 1. The average Bonchev–Trinajstić information content (AvgIpc) is 2.72. The van der Waals surface area contributed by atoms with Gasteiger partial charge in [-0.1, -0.05) is 6.07 Å². The van der Waals surface area contributed by atoms with E-state index in [4.69, 9.17) is 5.73 Å².